The van der Waals surface area contributed by atoms with E-state index in [1.165, 1.54) is 0 Å². The summed E-state index contributed by atoms with van der Waals surface area (Å²) in [5, 5.41) is 3.23. The summed E-state index contributed by atoms with van der Waals surface area (Å²) < 4.78 is 0. The first-order valence-corrected chi connectivity index (χ1v) is 6.61. The van der Waals surface area contributed by atoms with Crippen molar-refractivity contribution >= 4 is 11.8 Å². The van der Waals surface area contributed by atoms with Crippen molar-refractivity contribution in [3.8, 4) is 0 Å². The zero-order chi connectivity index (χ0) is 13.0. The molecule has 0 aromatic rings. The Morgan fingerprint density at radius 3 is 2.67 bits per heavy atom. The van der Waals surface area contributed by atoms with E-state index < -0.39 is 0 Å². The molecule has 2 heterocycles. The van der Waals surface area contributed by atoms with Gasteiger partial charge in [-0.1, -0.05) is 0 Å². The first-order chi connectivity index (χ1) is 8.66. The quantitative estimate of drug-likeness (QED) is 0.657. The Bertz CT molecular complexity index is 315. The van der Waals surface area contributed by atoms with Crippen LogP contribution in [-0.4, -0.2) is 85.9 Å². The van der Waals surface area contributed by atoms with Crippen molar-refractivity contribution in [1.82, 2.24) is 20.0 Å². The van der Waals surface area contributed by atoms with Gasteiger partial charge in [0.1, 0.15) is 0 Å². The molecule has 0 unspecified atom stereocenters. The lowest BCUT2D eigenvalue weighted by molar-refractivity contribution is -0.134. The molecule has 0 aromatic carbocycles. The topological polar surface area (TPSA) is 55.9 Å². The van der Waals surface area contributed by atoms with Gasteiger partial charge in [0.25, 0.3) is 0 Å². The standard InChI is InChI=1S/C12H22N4O2/c1-14-5-2-6-15(9-11(14)17)10-12(18)16-7-3-13-4-8-16/h13H,2-10H2,1H3. The van der Waals surface area contributed by atoms with Crippen molar-refractivity contribution in [3.05, 3.63) is 0 Å². The molecule has 0 aromatic heterocycles. The Labute approximate surface area is 108 Å². The molecule has 2 aliphatic heterocycles. The summed E-state index contributed by atoms with van der Waals surface area (Å²) in [5.74, 6) is 0.259. The van der Waals surface area contributed by atoms with Gasteiger partial charge in [0, 0.05) is 46.3 Å². The molecule has 1 N–H and O–H groups in total. The highest BCUT2D eigenvalue weighted by Gasteiger charge is 2.23. The number of carbonyl (C=O) groups excluding carboxylic acids is 2. The molecule has 0 bridgehead atoms. The maximum absolute atomic E-state index is 12.1. The van der Waals surface area contributed by atoms with E-state index in [1.54, 1.807) is 4.90 Å². The first-order valence-electron chi connectivity index (χ1n) is 6.61. The Morgan fingerprint density at radius 2 is 1.94 bits per heavy atom. The van der Waals surface area contributed by atoms with Gasteiger partial charge in [0.2, 0.25) is 11.8 Å². The average molecular weight is 254 g/mol. The van der Waals surface area contributed by atoms with Crippen molar-refractivity contribution in [2.24, 2.45) is 0 Å². The monoisotopic (exact) mass is 254 g/mol. The van der Waals surface area contributed by atoms with Crippen LogP contribution in [0, 0.1) is 0 Å². The number of nitrogens with one attached hydrogen (secondary N) is 1. The zero-order valence-corrected chi connectivity index (χ0v) is 11.0. The van der Waals surface area contributed by atoms with Crippen LogP contribution in [0.15, 0.2) is 0 Å². The van der Waals surface area contributed by atoms with Crippen molar-refractivity contribution < 1.29 is 9.59 Å². The number of nitrogens with zero attached hydrogens (tertiary/aromatic N) is 3. The highest BCUT2D eigenvalue weighted by atomic mass is 16.2. The number of rotatable bonds is 2. The number of hydrogen-bond acceptors (Lipinski definition) is 4. The predicted molar refractivity (Wildman–Crippen MR) is 68.1 cm³/mol. The fourth-order valence-electron chi connectivity index (χ4n) is 2.39. The number of piperazine rings is 1. The molecule has 0 aliphatic carbocycles. The minimum Gasteiger partial charge on any atom is -0.345 e. The lowest BCUT2D eigenvalue weighted by atomic mass is 10.3. The molecular formula is C12H22N4O2. The van der Waals surface area contributed by atoms with E-state index in [0.717, 1.165) is 45.7 Å². The molecular weight excluding hydrogens is 232 g/mol. The molecule has 102 valence electrons. The lowest BCUT2D eigenvalue weighted by Crippen LogP contribution is -2.50. The summed E-state index contributed by atoms with van der Waals surface area (Å²) in [7, 11) is 1.82. The smallest absolute Gasteiger partial charge is 0.236 e. The van der Waals surface area contributed by atoms with Gasteiger partial charge in [0.15, 0.2) is 0 Å². The highest BCUT2D eigenvalue weighted by Crippen LogP contribution is 2.04. The summed E-state index contributed by atoms with van der Waals surface area (Å²) >= 11 is 0. The van der Waals surface area contributed by atoms with Crippen LogP contribution < -0.4 is 5.32 Å². The van der Waals surface area contributed by atoms with Gasteiger partial charge < -0.3 is 15.1 Å². The van der Waals surface area contributed by atoms with Gasteiger partial charge in [-0.2, -0.15) is 0 Å². The second kappa shape index (κ2) is 6.15. The second-order valence-electron chi connectivity index (χ2n) is 5.01. The minimum absolute atomic E-state index is 0.112. The van der Waals surface area contributed by atoms with Crippen LogP contribution in [0.2, 0.25) is 0 Å². The normalized spacial score (nSPS) is 23.1. The van der Waals surface area contributed by atoms with E-state index in [9.17, 15) is 9.59 Å². The van der Waals surface area contributed by atoms with Crippen LogP contribution in [0.1, 0.15) is 6.42 Å². The van der Waals surface area contributed by atoms with Crippen molar-refractivity contribution in [3.63, 3.8) is 0 Å². The molecule has 0 atom stereocenters. The van der Waals surface area contributed by atoms with E-state index >= 15 is 0 Å². The molecule has 0 saturated carbocycles. The summed E-state index contributed by atoms with van der Waals surface area (Å²) in [4.78, 5) is 29.4. The van der Waals surface area contributed by atoms with E-state index in [0.29, 0.717) is 13.1 Å². The molecule has 2 rings (SSSR count). The number of likely N-dealkylation sites (N-methyl/N-ethyl adjacent to an activating group) is 1. The summed E-state index contributed by atoms with van der Waals surface area (Å²) in [6.07, 6.45) is 0.942. The molecule has 0 spiro atoms. The molecule has 18 heavy (non-hydrogen) atoms. The third-order valence-corrected chi connectivity index (χ3v) is 3.58. The average Bonchev–Trinajstić information content (AvgIpc) is 2.53. The Hall–Kier alpha value is -1.14. The van der Waals surface area contributed by atoms with E-state index in [1.807, 2.05) is 16.8 Å². The zero-order valence-electron chi connectivity index (χ0n) is 11.0. The van der Waals surface area contributed by atoms with Crippen LogP contribution in [0.5, 0.6) is 0 Å². The lowest BCUT2D eigenvalue weighted by Gasteiger charge is -2.29. The molecule has 6 heteroatoms. The van der Waals surface area contributed by atoms with Crippen molar-refractivity contribution in [2.45, 2.75) is 6.42 Å². The van der Waals surface area contributed by atoms with Crippen LogP contribution in [-0.2, 0) is 9.59 Å². The SMILES string of the molecule is CN1CCCN(CC(=O)N2CCNCC2)CC1=O. The summed E-state index contributed by atoms with van der Waals surface area (Å²) in [6, 6.07) is 0. The third kappa shape index (κ3) is 3.43. The van der Waals surface area contributed by atoms with Crippen LogP contribution >= 0.6 is 0 Å². The molecule has 6 nitrogen and oxygen atoms in total. The van der Waals surface area contributed by atoms with Crippen molar-refractivity contribution in [1.29, 1.82) is 0 Å². The van der Waals surface area contributed by atoms with Gasteiger partial charge in [-0.25, -0.2) is 0 Å². The van der Waals surface area contributed by atoms with Gasteiger partial charge in [-0.05, 0) is 6.42 Å². The van der Waals surface area contributed by atoms with Crippen LogP contribution in [0.3, 0.4) is 0 Å². The third-order valence-electron chi connectivity index (χ3n) is 3.58. The predicted octanol–water partition coefficient (Wildman–Crippen LogP) is -1.42. The molecule has 2 saturated heterocycles. The molecule has 2 aliphatic rings. The van der Waals surface area contributed by atoms with Gasteiger partial charge >= 0.3 is 0 Å². The van der Waals surface area contributed by atoms with Gasteiger partial charge in [0.05, 0.1) is 13.1 Å². The fraction of sp³-hybridized carbons (Fsp3) is 0.833. The number of hydrogen-bond donors (Lipinski definition) is 1. The van der Waals surface area contributed by atoms with Gasteiger partial charge in [-0.3, -0.25) is 14.5 Å². The molecule has 0 radical (unpaired) electrons. The van der Waals surface area contributed by atoms with Gasteiger partial charge in [-0.15, -0.1) is 0 Å². The number of amides is 2. The Kier molecular flexibility index (Phi) is 4.54. The largest absolute Gasteiger partial charge is 0.345 e. The molecule has 2 amide bonds. The molecule has 2 fully saturated rings. The maximum atomic E-state index is 12.1. The Balaban J connectivity index is 1.84. The number of carbonyl (C=O) groups is 2. The van der Waals surface area contributed by atoms with E-state index in [4.69, 9.17) is 0 Å². The van der Waals surface area contributed by atoms with Crippen LogP contribution in [0.25, 0.3) is 0 Å². The Morgan fingerprint density at radius 1 is 1.22 bits per heavy atom. The van der Waals surface area contributed by atoms with E-state index in [-0.39, 0.29) is 11.8 Å². The van der Waals surface area contributed by atoms with Crippen LogP contribution in [0.4, 0.5) is 0 Å². The van der Waals surface area contributed by atoms with Crippen molar-refractivity contribution in [2.75, 3.05) is 59.4 Å². The second-order valence-corrected chi connectivity index (χ2v) is 5.01. The highest BCUT2D eigenvalue weighted by molar-refractivity contribution is 5.81. The van der Waals surface area contributed by atoms with E-state index in [2.05, 4.69) is 5.32 Å². The first kappa shape index (κ1) is 13.3. The minimum atomic E-state index is 0.112. The fourth-order valence-corrected chi connectivity index (χ4v) is 2.39. The summed E-state index contributed by atoms with van der Waals surface area (Å²) in [6.45, 7) is 5.65. The summed E-state index contributed by atoms with van der Waals surface area (Å²) in [5.41, 5.74) is 0. The maximum Gasteiger partial charge on any atom is 0.236 e.